The van der Waals surface area contributed by atoms with Gasteiger partial charge in [0.05, 0.1) is 16.5 Å². The lowest BCUT2D eigenvalue weighted by Gasteiger charge is -2.33. The van der Waals surface area contributed by atoms with Crippen molar-refractivity contribution in [3.63, 3.8) is 0 Å². The predicted octanol–water partition coefficient (Wildman–Crippen LogP) is 15.8. The Bertz CT molecular complexity index is 3600. The Hall–Kier alpha value is -8.20. The summed E-state index contributed by atoms with van der Waals surface area (Å²) in [5, 5.41) is 2.20. The van der Waals surface area contributed by atoms with E-state index >= 15 is 0 Å². The zero-order valence-corrected chi connectivity index (χ0v) is 34.9. The topological polar surface area (TPSA) is 16.4 Å². The zero-order chi connectivity index (χ0) is 42.0. The van der Waals surface area contributed by atoms with E-state index in [1.54, 1.807) is 0 Å². The molecule has 64 heavy (non-hydrogen) atoms. The first-order valence-electron chi connectivity index (χ1n) is 22.3. The van der Waals surface area contributed by atoms with Crippen LogP contribution in [0.3, 0.4) is 0 Å². The first kappa shape index (κ1) is 35.4. The van der Waals surface area contributed by atoms with Crippen molar-refractivity contribution in [1.82, 2.24) is 0 Å². The number of furan rings is 1. The van der Waals surface area contributed by atoms with Gasteiger partial charge >= 0.3 is 0 Å². The standard InChI is InChI=1S/C62H39NO/c1-3-18-40(19-4-1)61(51-27-12-7-22-44(51)45-23-8-13-28-52(45)61)41-34-36-48-49-37-35-43(39-59(49)64-58(48)38-41)63(42-20-5-2-6-21-42)57-33-17-32-56-60(57)50-26-11-16-31-55(50)62(56)53-29-14-9-24-46(53)47-25-10-15-30-54(47)62/h1-39H. The molecule has 0 aliphatic heterocycles. The molecule has 0 atom stereocenters. The summed E-state index contributed by atoms with van der Waals surface area (Å²) in [7, 11) is 0. The molecule has 3 aliphatic rings. The number of rotatable bonds is 5. The van der Waals surface area contributed by atoms with Gasteiger partial charge in [0.15, 0.2) is 0 Å². The quantitative estimate of drug-likeness (QED) is 0.172. The highest BCUT2D eigenvalue weighted by molar-refractivity contribution is 6.08. The van der Waals surface area contributed by atoms with Crippen LogP contribution < -0.4 is 4.90 Å². The van der Waals surface area contributed by atoms with Crippen molar-refractivity contribution in [3.05, 3.63) is 281 Å². The summed E-state index contributed by atoms with van der Waals surface area (Å²) in [5.74, 6) is 0. The lowest BCUT2D eigenvalue weighted by atomic mass is 9.67. The molecule has 0 N–H and O–H groups in total. The Kier molecular flexibility index (Phi) is 7.28. The van der Waals surface area contributed by atoms with E-state index in [0.29, 0.717) is 0 Å². The molecule has 298 valence electrons. The minimum Gasteiger partial charge on any atom is -0.456 e. The van der Waals surface area contributed by atoms with Crippen LogP contribution in [0.2, 0.25) is 0 Å². The number of nitrogens with zero attached hydrogens (tertiary/aromatic N) is 1. The normalized spacial score (nSPS) is 14.2. The number of hydrogen-bond acceptors (Lipinski definition) is 2. The second kappa shape index (κ2) is 13.2. The minimum atomic E-state index is -0.501. The molecule has 1 heterocycles. The molecule has 0 amide bonds. The summed E-state index contributed by atoms with van der Waals surface area (Å²) >= 11 is 0. The van der Waals surface area contributed by atoms with Crippen molar-refractivity contribution >= 4 is 39.0 Å². The van der Waals surface area contributed by atoms with Crippen LogP contribution in [0.1, 0.15) is 44.5 Å². The molecule has 3 aliphatic carbocycles. The van der Waals surface area contributed by atoms with Crippen LogP contribution in [-0.4, -0.2) is 0 Å². The molecule has 0 unspecified atom stereocenters. The SMILES string of the molecule is c1ccc(N(c2ccc3c(c2)oc2cc(C4(c5ccccc5)c5ccccc5-c5ccccc54)ccc23)c2cccc3c2-c2ccccc2C32c3ccccc3-c3ccccc32)cc1. The second-order valence-corrected chi connectivity index (χ2v) is 17.5. The van der Waals surface area contributed by atoms with Crippen LogP contribution >= 0.6 is 0 Å². The van der Waals surface area contributed by atoms with Gasteiger partial charge in [0.2, 0.25) is 0 Å². The van der Waals surface area contributed by atoms with Crippen molar-refractivity contribution in [2.24, 2.45) is 0 Å². The van der Waals surface area contributed by atoms with E-state index in [1.165, 1.54) is 77.9 Å². The second-order valence-electron chi connectivity index (χ2n) is 17.5. The minimum absolute atomic E-state index is 0.435. The number of benzene rings is 10. The number of anilines is 3. The Morgan fingerprint density at radius 1 is 0.297 bits per heavy atom. The molecule has 2 heteroatoms. The number of fused-ring (bicyclic) bond motifs is 16. The molecule has 0 bridgehead atoms. The molecule has 1 aromatic heterocycles. The highest BCUT2D eigenvalue weighted by Gasteiger charge is 2.52. The Balaban J connectivity index is 0.977. The Labute approximate surface area is 372 Å². The van der Waals surface area contributed by atoms with E-state index in [4.69, 9.17) is 4.42 Å². The molecular formula is C62H39NO. The first-order chi connectivity index (χ1) is 31.8. The fraction of sp³-hybridized carbons (Fsp3) is 0.0323. The fourth-order valence-electron chi connectivity index (χ4n) is 12.2. The summed E-state index contributed by atoms with van der Waals surface area (Å²) in [6.45, 7) is 0. The number of para-hydroxylation sites is 1. The van der Waals surface area contributed by atoms with Crippen LogP contribution in [-0.2, 0) is 10.8 Å². The van der Waals surface area contributed by atoms with Crippen molar-refractivity contribution in [1.29, 1.82) is 0 Å². The van der Waals surface area contributed by atoms with Crippen molar-refractivity contribution < 1.29 is 4.42 Å². The first-order valence-corrected chi connectivity index (χ1v) is 22.3. The largest absolute Gasteiger partial charge is 0.456 e. The van der Waals surface area contributed by atoms with Crippen molar-refractivity contribution in [2.45, 2.75) is 10.8 Å². The molecule has 10 aromatic carbocycles. The third-order valence-corrected chi connectivity index (χ3v) is 14.6. The summed E-state index contributed by atoms with van der Waals surface area (Å²) < 4.78 is 7.05. The van der Waals surface area contributed by atoms with E-state index in [9.17, 15) is 0 Å². The highest BCUT2D eigenvalue weighted by Crippen LogP contribution is 2.65. The monoisotopic (exact) mass is 813 g/mol. The van der Waals surface area contributed by atoms with Crippen LogP contribution in [0.4, 0.5) is 17.1 Å². The molecule has 2 nitrogen and oxygen atoms in total. The van der Waals surface area contributed by atoms with Crippen LogP contribution in [0.15, 0.2) is 241 Å². The average molecular weight is 814 g/mol. The van der Waals surface area contributed by atoms with E-state index in [-0.39, 0.29) is 0 Å². The summed E-state index contributed by atoms with van der Waals surface area (Å²) in [6, 6.07) is 87.2. The number of hydrogen-bond donors (Lipinski definition) is 0. The summed E-state index contributed by atoms with van der Waals surface area (Å²) in [6.07, 6.45) is 0. The Morgan fingerprint density at radius 3 is 1.34 bits per heavy atom. The molecule has 14 rings (SSSR count). The Morgan fingerprint density at radius 2 is 0.750 bits per heavy atom. The van der Waals surface area contributed by atoms with Crippen LogP contribution in [0, 0.1) is 0 Å². The van der Waals surface area contributed by atoms with Crippen LogP contribution in [0.25, 0.3) is 55.3 Å². The molecular weight excluding hydrogens is 775 g/mol. The van der Waals surface area contributed by atoms with E-state index in [0.717, 1.165) is 39.0 Å². The lowest BCUT2D eigenvalue weighted by Crippen LogP contribution is -2.28. The fourth-order valence-corrected chi connectivity index (χ4v) is 12.2. The van der Waals surface area contributed by atoms with Gasteiger partial charge in [-0.05, 0) is 109 Å². The molecule has 1 spiro atoms. The van der Waals surface area contributed by atoms with Gasteiger partial charge in [0.1, 0.15) is 11.2 Å². The van der Waals surface area contributed by atoms with Gasteiger partial charge in [-0.25, -0.2) is 0 Å². The highest BCUT2D eigenvalue weighted by atomic mass is 16.3. The maximum Gasteiger partial charge on any atom is 0.137 e. The molecule has 11 aromatic rings. The van der Waals surface area contributed by atoms with Gasteiger partial charge in [-0.1, -0.05) is 194 Å². The van der Waals surface area contributed by atoms with Gasteiger partial charge < -0.3 is 9.32 Å². The predicted molar refractivity (Wildman–Crippen MR) is 262 cm³/mol. The molecule has 0 saturated carbocycles. The molecule has 0 fully saturated rings. The van der Waals surface area contributed by atoms with Crippen LogP contribution in [0.5, 0.6) is 0 Å². The third-order valence-electron chi connectivity index (χ3n) is 14.6. The smallest absolute Gasteiger partial charge is 0.137 e. The van der Waals surface area contributed by atoms with Gasteiger partial charge in [-0.2, -0.15) is 0 Å². The van der Waals surface area contributed by atoms with Gasteiger partial charge in [-0.3, -0.25) is 0 Å². The van der Waals surface area contributed by atoms with Crippen molar-refractivity contribution in [2.75, 3.05) is 4.90 Å². The van der Waals surface area contributed by atoms with Crippen molar-refractivity contribution in [3.8, 4) is 33.4 Å². The van der Waals surface area contributed by atoms with E-state index < -0.39 is 10.8 Å². The maximum absolute atomic E-state index is 7.05. The van der Waals surface area contributed by atoms with Gasteiger partial charge in [-0.15, -0.1) is 0 Å². The summed E-state index contributed by atoms with van der Waals surface area (Å²) in [4.78, 5) is 2.43. The average Bonchev–Trinajstić information content (AvgIpc) is 4.07. The van der Waals surface area contributed by atoms with Gasteiger partial charge in [0.25, 0.3) is 0 Å². The third kappa shape index (κ3) is 4.49. The molecule has 0 radical (unpaired) electrons. The summed E-state index contributed by atoms with van der Waals surface area (Å²) in [5.41, 5.74) is 22.1. The van der Waals surface area contributed by atoms with E-state index in [1.807, 2.05) is 0 Å². The molecule has 0 saturated heterocycles. The van der Waals surface area contributed by atoms with Gasteiger partial charge in [0, 0.05) is 33.8 Å². The lowest BCUT2D eigenvalue weighted by molar-refractivity contribution is 0.665. The van der Waals surface area contributed by atoms with E-state index in [2.05, 4.69) is 241 Å². The maximum atomic E-state index is 7.05. The zero-order valence-electron chi connectivity index (χ0n) is 34.9.